The van der Waals surface area contributed by atoms with Crippen molar-refractivity contribution in [2.75, 3.05) is 6.54 Å². The quantitative estimate of drug-likeness (QED) is 0.594. The molecule has 1 heterocycles. The summed E-state index contributed by atoms with van der Waals surface area (Å²) >= 11 is 0. The highest BCUT2D eigenvalue weighted by molar-refractivity contribution is 7.89. The van der Waals surface area contributed by atoms with E-state index in [4.69, 9.17) is 0 Å². The molecule has 0 amide bonds. The Labute approximate surface area is 148 Å². The van der Waals surface area contributed by atoms with Crippen LogP contribution in [0.4, 0.5) is 18.9 Å². The molecule has 0 aliphatic carbocycles. The molecule has 1 aromatic carbocycles. The maximum Gasteiger partial charge on any atom is 0.417 e. The van der Waals surface area contributed by atoms with Gasteiger partial charge in [-0.3, -0.25) is 10.1 Å². The van der Waals surface area contributed by atoms with E-state index >= 15 is 0 Å². The van der Waals surface area contributed by atoms with Crippen molar-refractivity contribution in [3.05, 3.63) is 33.9 Å². The van der Waals surface area contributed by atoms with E-state index in [9.17, 15) is 31.7 Å². The number of benzene rings is 1. The third-order valence-corrected chi connectivity index (χ3v) is 5.29. The maximum absolute atomic E-state index is 13.1. The van der Waals surface area contributed by atoms with E-state index in [1.165, 1.54) is 0 Å². The summed E-state index contributed by atoms with van der Waals surface area (Å²) in [4.78, 5) is 8.65. The molecule has 7 nitrogen and oxygen atoms in total. The van der Waals surface area contributed by atoms with E-state index in [1.807, 2.05) is 6.92 Å². The van der Waals surface area contributed by atoms with Crippen LogP contribution in [0, 0.1) is 10.1 Å². The van der Waals surface area contributed by atoms with E-state index in [-0.39, 0.29) is 24.5 Å². The summed E-state index contributed by atoms with van der Waals surface area (Å²) in [6.45, 7) is 2.38. The number of sulfonamides is 1. The van der Waals surface area contributed by atoms with Crippen LogP contribution in [0.3, 0.4) is 0 Å². The molecule has 1 aromatic rings. The molecule has 0 bridgehead atoms. The lowest BCUT2D eigenvalue weighted by atomic mass is 10.0. The molecular weight excluding hydrogens is 387 g/mol. The molecule has 1 aliphatic rings. The molecule has 12 heteroatoms. The number of non-ortho nitro benzene ring substituents is 1. The van der Waals surface area contributed by atoms with Gasteiger partial charge in [0.25, 0.3) is 5.69 Å². The van der Waals surface area contributed by atoms with Crippen molar-refractivity contribution in [2.45, 2.75) is 42.9 Å². The molecule has 0 spiro atoms. The zero-order valence-electron chi connectivity index (χ0n) is 13.0. The van der Waals surface area contributed by atoms with Crippen LogP contribution in [-0.2, 0) is 16.2 Å². The second-order valence-corrected chi connectivity index (χ2v) is 7.32. The zero-order valence-corrected chi connectivity index (χ0v) is 14.7. The van der Waals surface area contributed by atoms with E-state index in [2.05, 4.69) is 10.0 Å². The number of nitrogens with zero attached hydrogens (tertiary/aromatic N) is 1. The normalized spacial score (nSPS) is 21.4. The van der Waals surface area contributed by atoms with Crippen molar-refractivity contribution < 1.29 is 26.5 Å². The van der Waals surface area contributed by atoms with Crippen molar-refractivity contribution in [1.82, 2.24) is 10.0 Å². The number of hydrogen-bond acceptors (Lipinski definition) is 5. The minimum absolute atomic E-state index is 0. The highest BCUT2D eigenvalue weighted by Gasteiger charge is 2.39. The fraction of sp³-hybridized carbons (Fsp3) is 0.538. The molecule has 142 valence electrons. The molecular formula is C13H17ClF3N3O4S. The van der Waals surface area contributed by atoms with Gasteiger partial charge in [0.1, 0.15) is 0 Å². The second-order valence-electron chi connectivity index (χ2n) is 5.63. The number of piperidine rings is 1. The smallest absolute Gasteiger partial charge is 0.314 e. The summed E-state index contributed by atoms with van der Waals surface area (Å²) in [6.07, 6.45) is -4.15. The summed E-state index contributed by atoms with van der Waals surface area (Å²) in [5.41, 5.74) is -2.37. The summed E-state index contributed by atoms with van der Waals surface area (Å²) in [6, 6.07) is 1.13. The summed E-state index contributed by atoms with van der Waals surface area (Å²) in [7, 11) is -4.46. The third kappa shape index (κ3) is 5.27. The Kier molecular flexibility index (Phi) is 6.79. The first kappa shape index (κ1) is 21.6. The van der Waals surface area contributed by atoms with Crippen LogP contribution >= 0.6 is 12.4 Å². The zero-order chi connectivity index (χ0) is 18.1. The van der Waals surface area contributed by atoms with Gasteiger partial charge in [-0.15, -0.1) is 12.4 Å². The largest absolute Gasteiger partial charge is 0.417 e. The number of nitro groups is 1. The van der Waals surface area contributed by atoms with Crippen molar-refractivity contribution in [1.29, 1.82) is 0 Å². The molecule has 1 fully saturated rings. The molecule has 25 heavy (non-hydrogen) atoms. The Morgan fingerprint density at radius 1 is 1.36 bits per heavy atom. The molecule has 0 saturated carbocycles. The molecule has 0 radical (unpaired) electrons. The van der Waals surface area contributed by atoms with Gasteiger partial charge in [-0.25, -0.2) is 13.1 Å². The molecule has 1 aliphatic heterocycles. The highest BCUT2D eigenvalue weighted by atomic mass is 35.5. The number of hydrogen-bond donors (Lipinski definition) is 2. The van der Waals surface area contributed by atoms with E-state index in [0.29, 0.717) is 25.5 Å². The average Bonchev–Trinajstić information content (AvgIpc) is 2.45. The van der Waals surface area contributed by atoms with E-state index in [1.54, 1.807) is 0 Å². The summed E-state index contributed by atoms with van der Waals surface area (Å²) in [5.74, 6) is 0. The molecule has 2 atom stereocenters. The van der Waals surface area contributed by atoms with Crippen LogP contribution < -0.4 is 10.0 Å². The third-order valence-electron chi connectivity index (χ3n) is 3.71. The minimum Gasteiger partial charge on any atom is -0.314 e. The standard InChI is InChI=1S/C13H16F3N3O4S.ClH/c1-8-6-9(4-5-17-8)18-24(22,23)12-3-2-10(19(20)21)7-11(12)13(14,15)16;/h2-3,7-9,17-18H,4-6H2,1H3;1H. The summed E-state index contributed by atoms with van der Waals surface area (Å²) in [5, 5.41) is 13.8. The average molecular weight is 404 g/mol. The van der Waals surface area contributed by atoms with Gasteiger partial charge < -0.3 is 5.32 Å². The Morgan fingerprint density at radius 3 is 2.52 bits per heavy atom. The number of nitrogens with one attached hydrogen (secondary N) is 2. The van der Waals surface area contributed by atoms with Crippen molar-refractivity contribution >= 4 is 28.1 Å². The summed E-state index contributed by atoms with van der Waals surface area (Å²) < 4.78 is 66.4. The van der Waals surface area contributed by atoms with Gasteiger partial charge in [-0.1, -0.05) is 0 Å². The number of halogens is 4. The van der Waals surface area contributed by atoms with Gasteiger partial charge in [0.05, 0.1) is 15.4 Å². The van der Waals surface area contributed by atoms with Gasteiger partial charge in [-0.05, 0) is 32.4 Å². The molecule has 0 aromatic heterocycles. The lowest BCUT2D eigenvalue weighted by Crippen LogP contribution is -2.46. The molecule has 1 saturated heterocycles. The monoisotopic (exact) mass is 403 g/mol. The molecule has 2 rings (SSSR count). The van der Waals surface area contributed by atoms with Gasteiger partial charge in [0, 0.05) is 24.2 Å². The fourth-order valence-electron chi connectivity index (χ4n) is 2.61. The Balaban J connectivity index is 0.00000312. The van der Waals surface area contributed by atoms with Gasteiger partial charge in [-0.2, -0.15) is 13.2 Å². The lowest BCUT2D eigenvalue weighted by Gasteiger charge is -2.28. The first-order valence-electron chi connectivity index (χ1n) is 7.12. The van der Waals surface area contributed by atoms with Gasteiger partial charge in [0.15, 0.2) is 0 Å². The van der Waals surface area contributed by atoms with E-state index in [0.717, 1.165) is 6.07 Å². The second kappa shape index (κ2) is 7.85. The lowest BCUT2D eigenvalue weighted by molar-refractivity contribution is -0.385. The van der Waals surface area contributed by atoms with E-state index < -0.39 is 43.3 Å². The topological polar surface area (TPSA) is 101 Å². The fourth-order valence-corrected chi connectivity index (χ4v) is 4.10. The van der Waals surface area contributed by atoms with Crippen LogP contribution in [0.2, 0.25) is 0 Å². The number of rotatable bonds is 4. The van der Waals surface area contributed by atoms with Crippen LogP contribution in [0.15, 0.2) is 23.1 Å². The number of alkyl halides is 3. The Hall–Kier alpha value is -1.43. The minimum atomic E-state index is -5.03. The Bertz CT molecular complexity index is 743. The Morgan fingerprint density at radius 2 is 2.00 bits per heavy atom. The molecule has 2 N–H and O–H groups in total. The predicted molar refractivity (Wildman–Crippen MR) is 86.2 cm³/mol. The van der Waals surface area contributed by atoms with Crippen molar-refractivity contribution in [3.63, 3.8) is 0 Å². The predicted octanol–water partition coefficient (Wildman–Crippen LogP) is 2.45. The SMILES string of the molecule is CC1CC(NS(=O)(=O)c2ccc([N+](=O)[O-])cc2C(F)(F)F)CCN1.Cl. The highest BCUT2D eigenvalue weighted by Crippen LogP contribution is 2.36. The van der Waals surface area contributed by atoms with Crippen LogP contribution in [-0.4, -0.2) is 32.0 Å². The van der Waals surface area contributed by atoms with Crippen LogP contribution in [0.1, 0.15) is 25.3 Å². The van der Waals surface area contributed by atoms with Gasteiger partial charge in [0.2, 0.25) is 10.0 Å². The molecule has 2 unspecified atom stereocenters. The first-order valence-corrected chi connectivity index (χ1v) is 8.60. The number of nitro benzene ring substituents is 1. The van der Waals surface area contributed by atoms with Crippen LogP contribution in [0.25, 0.3) is 0 Å². The maximum atomic E-state index is 13.1. The first-order chi connectivity index (χ1) is 11.0. The van der Waals surface area contributed by atoms with Crippen molar-refractivity contribution in [2.24, 2.45) is 0 Å². The van der Waals surface area contributed by atoms with Gasteiger partial charge >= 0.3 is 6.18 Å². The van der Waals surface area contributed by atoms with Crippen LogP contribution in [0.5, 0.6) is 0 Å². The van der Waals surface area contributed by atoms with Crippen molar-refractivity contribution in [3.8, 4) is 0 Å².